The number of ether oxygens (including phenoxy) is 11. The molecule has 0 radical (unpaired) electrons. The molecule has 0 bridgehead atoms. The van der Waals surface area contributed by atoms with Crippen molar-refractivity contribution < 1.29 is 172 Å². The molecule has 6 unspecified atom stereocenters. The number of carbonyl (C=O) groups excluding carboxylic acids is 2. The van der Waals surface area contributed by atoms with Crippen molar-refractivity contribution in [2.45, 2.75) is 75.1 Å². The summed E-state index contributed by atoms with van der Waals surface area (Å²) < 4.78 is 56.8. The molecule has 13 N–H and O–H groups in total. The molecule has 2 aromatic rings. The number of methoxy groups -OCH3 is 2. The molecule has 0 spiro atoms. The summed E-state index contributed by atoms with van der Waals surface area (Å²) in [5.41, 5.74) is 7.44. The van der Waals surface area contributed by atoms with E-state index in [0.29, 0.717) is 74.8 Å². The summed E-state index contributed by atoms with van der Waals surface area (Å²) in [5, 5.41) is 60.1. The summed E-state index contributed by atoms with van der Waals surface area (Å²) in [4.78, 5) is 43.6. The number of hydrogen-bond donors (Lipinski definition) is 10. The van der Waals surface area contributed by atoms with Crippen LogP contribution in [0, 0.1) is 0 Å². The van der Waals surface area contributed by atoms with E-state index in [1.165, 1.54) is 19.2 Å². The maximum absolute atomic E-state index is 11.7. The molecule has 3 saturated heterocycles. The van der Waals surface area contributed by atoms with Crippen LogP contribution in [0.15, 0.2) is 48.5 Å². The topological polar surface area (TPSA) is 423 Å². The number of nitrogen functional groups attached to an aromatic ring is 1. The van der Waals surface area contributed by atoms with E-state index in [1.807, 2.05) is 0 Å². The van der Waals surface area contributed by atoms with Gasteiger partial charge in [0.05, 0.1) is 78.8 Å². The minimum Gasteiger partial charge on any atom is -0.870 e. The minimum atomic E-state index is -1.11. The largest absolute Gasteiger partial charge is 1.00 e. The van der Waals surface area contributed by atoms with Crippen LogP contribution in [-0.4, -0.2) is 255 Å². The summed E-state index contributed by atoms with van der Waals surface area (Å²) in [5.74, 6) is -3.07. The predicted molar refractivity (Wildman–Crippen MR) is 281 cm³/mol. The number of anilines is 2. The van der Waals surface area contributed by atoms with Gasteiger partial charge in [-0.05, 0) is 87.1 Å². The Hall–Kier alpha value is -2.76. The molecule has 3 aliphatic rings. The standard InChI is InChI=1S/C20H32N2O8.C11H22O5.C10H18O4.C9H10N2O3.CH4O.2Na.2H2O/c1-28-12-18(24)14-30-9-3-2-8-29-13-17(23)10-21-16-6-4-15(5-7-16)20(27)22-11-19(25)26;1-13-6-10(12)7-14-4-2-3-5-15-8-11-9-16-11;1(3-11-5-9-7-13-9)2-4-12-6-10-8-14-10;10-7-3-1-6(2-4-7)9(14)11-5-8(12)13;1-2;;;;/h4-7,17-18,21,23-24H,2-3,8-14H2,1H3,(H,22,27)(H,25,26);10-12H,2-9H2,1H3;9-10H,1-8H2;1-4H,5,10H2,(H,11,14)(H,12,13);2H,1H3;;;2*1H2/q;;;;;2*+1;;/p-2. The number of nitrogens with two attached hydrogens (primary N) is 1. The predicted octanol–water partition coefficient (Wildman–Crippen LogP) is -5.76. The number of carboxylic acid groups (broad SMARTS) is 2. The first-order chi connectivity index (χ1) is 36.8. The van der Waals surface area contributed by atoms with Crippen molar-refractivity contribution in [1.29, 1.82) is 0 Å². The van der Waals surface area contributed by atoms with Crippen molar-refractivity contribution in [3.8, 4) is 0 Å². The smallest absolute Gasteiger partial charge is 0.870 e. The third kappa shape index (κ3) is 53.3. The number of hydrogen-bond acceptors (Lipinski definition) is 23. The van der Waals surface area contributed by atoms with E-state index < -0.39 is 48.6 Å². The number of aliphatic carboxylic acids is 2. The number of aliphatic hydroxyl groups excluding tert-OH is 4. The number of rotatable bonds is 40. The summed E-state index contributed by atoms with van der Waals surface area (Å²) in [6.45, 7) is 9.74. The van der Waals surface area contributed by atoms with Gasteiger partial charge in [0, 0.05) is 90.0 Å². The average molecular weight is 1170 g/mol. The Balaban J connectivity index is -0.000000495. The zero-order valence-electron chi connectivity index (χ0n) is 47.2. The normalized spacial score (nSPS) is 15.9. The van der Waals surface area contributed by atoms with Gasteiger partial charge >= 0.3 is 71.1 Å². The van der Waals surface area contributed by atoms with Gasteiger partial charge in [0.15, 0.2) is 0 Å². The number of amides is 2. The van der Waals surface area contributed by atoms with Gasteiger partial charge in [-0.25, -0.2) is 0 Å². The van der Waals surface area contributed by atoms with Gasteiger partial charge < -0.3 is 115 Å². The van der Waals surface area contributed by atoms with Crippen molar-refractivity contribution in [3.05, 3.63) is 59.7 Å². The van der Waals surface area contributed by atoms with Gasteiger partial charge in [-0.15, -0.1) is 0 Å². The van der Waals surface area contributed by atoms with E-state index in [-0.39, 0.29) is 103 Å². The Bertz CT molecular complexity index is 1740. The molecule has 452 valence electrons. The van der Waals surface area contributed by atoms with Gasteiger partial charge in [-0.2, -0.15) is 0 Å². The zero-order valence-corrected chi connectivity index (χ0v) is 51.2. The first-order valence-corrected chi connectivity index (χ1v) is 25.3. The Labute approximate surface area is 513 Å². The summed E-state index contributed by atoms with van der Waals surface area (Å²) >= 11 is 0. The minimum absolute atomic E-state index is 0. The second-order valence-corrected chi connectivity index (χ2v) is 17.0. The van der Waals surface area contributed by atoms with Crippen LogP contribution in [0.1, 0.15) is 59.2 Å². The Morgan fingerprint density at radius 2 is 0.825 bits per heavy atom. The molecule has 6 atom stereocenters. The molecule has 0 aromatic heterocycles. The van der Waals surface area contributed by atoms with E-state index in [4.69, 9.17) is 73.2 Å². The van der Waals surface area contributed by atoms with Gasteiger partial charge in [-0.3, -0.25) is 19.2 Å². The molecule has 80 heavy (non-hydrogen) atoms. The molecule has 0 saturated carbocycles. The second kappa shape index (κ2) is 56.7. The molecule has 3 fully saturated rings. The quantitative estimate of drug-likeness (QED) is 0.0129. The number of aliphatic hydroxyl groups is 4. The SMILES string of the molecule is C(CCOCC1CO1)COCC1CO1.CO.COCC(O)COCCCCOCC(O)CNc1ccc(C(=O)NCC(=O)O)cc1.COCC(O)COCCCCOCC1CO1.Nc1ccc(C(=O)NCC(=O)O)cc1.[Na+].[Na+].[OH-].[OH-]. The van der Waals surface area contributed by atoms with Crippen LogP contribution in [-0.2, 0) is 61.7 Å². The van der Waals surface area contributed by atoms with Gasteiger partial charge in [0.1, 0.15) is 43.6 Å². The fourth-order valence-corrected chi connectivity index (χ4v) is 5.69. The van der Waals surface area contributed by atoms with Crippen LogP contribution in [0.3, 0.4) is 0 Å². The Kier molecular flexibility index (Phi) is 59.3. The van der Waals surface area contributed by atoms with E-state index >= 15 is 0 Å². The van der Waals surface area contributed by atoms with Crippen LogP contribution < -0.4 is 80.8 Å². The number of unbranched alkanes of at least 4 members (excludes halogenated alkanes) is 3. The third-order valence-electron chi connectivity index (χ3n) is 9.91. The summed E-state index contributed by atoms with van der Waals surface area (Å²) in [6.07, 6.45) is 4.94. The monoisotopic (exact) mass is 1170 g/mol. The van der Waals surface area contributed by atoms with E-state index in [2.05, 4.69) is 16.0 Å². The number of carbonyl (C=O) groups is 4. The van der Waals surface area contributed by atoms with Crippen LogP contribution >= 0.6 is 0 Å². The molecule has 27 nitrogen and oxygen atoms in total. The zero-order chi connectivity index (χ0) is 56.0. The molecule has 2 aromatic carbocycles. The van der Waals surface area contributed by atoms with Crippen LogP contribution in [0.25, 0.3) is 0 Å². The average Bonchev–Trinajstić information content (AvgIpc) is 4.25. The second-order valence-electron chi connectivity index (χ2n) is 17.0. The van der Waals surface area contributed by atoms with Crippen LogP contribution in [0.2, 0.25) is 0 Å². The molecular weight excluding hydrogens is 1080 g/mol. The van der Waals surface area contributed by atoms with Gasteiger partial charge in [0.2, 0.25) is 0 Å². The van der Waals surface area contributed by atoms with Gasteiger partial charge in [0.25, 0.3) is 11.8 Å². The van der Waals surface area contributed by atoms with Crippen molar-refractivity contribution >= 4 is 35.1 Å². The van der Waals surface area contributed by atoms with Gasteiger partial charge in [-0.1, -0.05) is 0 Å². The summed E-state index contributed by atoms with van der Waals surface area (Å²) in [6, 6.07) is 12.7. The molecule has 5 rings (SSSR count). The number of carboxylic acids is 2. The molecule has 2 amide bonds. The van der Waals surface area contributed by atoms with Crippen molar-refractivity contribution in [2.75, 3.05) is 164 Å². The maximum atomic E-state index is 11.7. The van der Waals surface area contributed by atoms with Crippen LogP contribution in [0.5, 0.6) is 0 Å². The van der Waals surface area contributed by atoms with E-state index in [9.17, 15) is 34.5 Å². The fraction of sp³-hybridized carbons (Fsp3) is 0.686. The number of nitrogens with one attached hydrogen (secondary N) is 3. The Morgan fingerprint density at radius 3 is 1.12 bits per heavy atom. The summed E-state index contributed by atoms with van der Waals surface area (Å²) in [7, 11) is 4.08. The fourth-order valence-electron chi connectivity index (χ4n) is 5.69. The van der Waals surface area contributed by atoms with Crippen molar-refractivity contribution in [1.82, 2.24) is 10.6 Å². The van der Waals surface area contributed by atoms with E-state index in [1.54, 1.807) is 43.5 Å². The van der Waals surface area contributed by atoms with Crippen molar-refractivity contribution in [2.24, 2.45) is 0 Å². The first-order valence-electron chi connectivity index (χ1n) is 25.3. The molecule has 3 heterocycles. The van der Waals surface area contributed by atoms with Crippen LogP contribution in [0.4, 0.5) is 11.4 Å². The number of epoxide rings is 3. The Morgan fingerprint density at radius 1 is 0.525 bits per heavy atom. The molecule has 3 aliphatic heterocycles. The maximum Gasteiger partial charge on any atom is 1.00 e. The third-order valence-corrected chi connectivity index (χ3v) is 9.91. The molecule has 0 aliphatic carbocycles. The first kappa shape index (κ1) is 83.7. The van der Waals surface area contributed by atoms with E-state index in [0.717, 1.165) is 104 Å². The van der Waals surface area contributed by atoms with Crippen molar-refractivity contribution in [3.63, 3.8) is 0 Å². The number of benzene rings is 2. The molecular formula is C51H88N4Na2O23. The molecule has 29 heteroatoms.